The maximum Gasteiger partial charge on any atom is 0.133 e. The molecule has 0 N–H and O–H groups in total. The van der Waals surface area contributed by atoms with Crippen molar-refractivity contribution in [3.05, 3.63) is 11.6 Å². The molecule has 0 radical (unpaired) electrons. The number of rotatable bonds is 0. The fourth-order valence-electron chi connectivity index (χ4n) is 1.27. The van der Waals surface area contributed by atoms with Gasteiger partial charge in [-0.1, -0.05) is 0 Å². The van der Waals surface area contributed by atoms with Crippen molar-refractivity contribution in [2.75, 3.05) is 5.75 Å². The summed E-state index contributed by atoms with van der Waals surface area (Å²) < 4.78 is 2.21. The van der Waals surface area contributed by atoms with E-state index in [2.05, 4.69) is 14.8 Å². The standard InChI is InChI=1S/C7H11N3S/c1-6-8-9-7-3-2-4-11-5-10(6)7/h2-5H2,1H3. The molecule has 0 fully saturated rings. The first-order valence-corrected chi connectivity index (χ1v) is 5.00. The van der Waals surface area contributed by atoms with Crippen LogP contribution in [0.25, 0.3) is 0 Å². The summed E-state index contributed by atoms with van der Waals surface area (Å²) >= 11 is 1.96. The number of hydrogen-bond acceptors (Lipinski definition) is 3. The summed E-state index contributed by atoms with van der Waals surface area (Å²) in [5.74, 6) is 4.50. The van der Waals surface area contributed by atoms with Crippen molar-refractivity contribution < 1.29 is 0 Å². The van der Waals surface area contributed by atoms with E-state index in [1.54, 1.807) is 0 Å². The van der Waals surface area contributed by atoms with E-state index in [4.69, 9.17) is 0 Å². The first-order chi connectivity index (χ1) is 5.38. The molecule has 0 atom stereocenters. The molecule has 3 nitrogen and oxygen atoms in total. The van der Waals surface area contributed by atoms with Crippen molar-refractivity contribution in [3.8, 4) is 0 Å². The van der Waals surface area contributed by atoms with Crippen molar-refractivity contribution in [2.45, 2.75) is 25.6 Å². The van der Waals surface area contributed by atoms with E-state index in [0.29, 0.717) is 0 Å². The molecule has 0 aliphatic carbocycles. The number of thioether (sulfide) groups is 1. The second kappa shape index (κ2) is 2.85. The Morgan fingerprint density at radius 3 is 3.27 bits per heavy atom. The Morgan fingerprint density at radius 2 is 2.36 bits per heavy atom. The average Bonchev–Trinajstić information content (AvgIpc) is 2.25. The SMILES string of the molecule is Cc1nnc2n1CSCCC2. The van der Waals surface area contributed by atoms with Gasteiger partial charge in [0.05, 0.1) is 5.88 Å². The average molecular weight is 169 g/mol. The molecular formula is C7H11N3S. The van der Waals surface area contributed by atoms with Crippen LogP contribution >= 0.6 is 11.8 Å². The van der Waals surface area contributed by atoms with Crippen molar-refractivity contribution in [3.63, 3.8) is 0 Å². The minimum Gasteiger partial charge on any atom is -0.305 e. The van der Waals surface area contributed by atoms with Crippen LogP contribution in [0.5, 0.6) is 0 Å². The molecule has 0 bridgehead atoms. The molecule has 60 valence electrons. The highest BCUT2D eigenvalue weighted by molar-refractivity contribution is 7.98. The van der Waals surface area contributed by atoms with Gasteiger partial charge in [0.2, 0.25) is 0 Å². The minimum absolute atomic E-state index is 1.04. The van der Waals surface area contributed by atoms with Gasteiger partial charge in [0, 0.05) is 6.42 Å². The van der Waals surface area contributed by atoms with Crippen LogP contribution in [0.2, 0.25) is 0 Å². The summed E-state index contributed by atoms with van der Waals surface area (Å²) in [5.41, 5.74) is 0. The van der Waals surface area contributed by atoms with E-state index in [9.17, 15) is 0 Å². The van der Waals surface area contributed by atoms with E-state index < -0.39 is 0 Å². The number of hydrogen-bond donors (Lipinski definition) is 0. The van der Waals surface area contributed by atoms with E-state index >= 15 is 0 Å². The van der Waals surface area contributed by atoms with Crippen LogP contribution in [0.3, 0.4) is 0 Å². The van der Waals surface area contributed by atoms with Gasteiger partial charge >= 0.3 is 0 Å². The molecule has 4 heteroatoms. The molecule has 0 aromatic carbocycles. The highest BCUT2D eigenvalue weighted by atomic mass is 32.2. The zero-order valence-electron chi connectivity index (χ0n) is 6.58. The smallest absolute Gasteiger partial charge is 0.133 e. The molecule has 2 rings (SSSR count). The maximum atomic E-state index is 4.12. The van der Waals surface area contributed by atoms with Crippen LogP contribution in [0.15, 0.2) is 0 Å². The Balaban J connectivity index is 2.35. The summed E-state index contributed by atoms with van der Waals surface area (Å²) in [4.78, 5) is 0. The second-order valence-corrected chi connectivity index (χ2v) is 3.81. The van der Waals surface area contributed by atoms with Gasteiger partial charge in [-0.05, 0) is 19.1 Å². The Labute approximate surface area is 70.2 Å². The molecule has 11 heavy (non-hydrogen) atoms. The predicted molar refractivity (Wildman–Crippen MR) is 45.5 cm³/mol. The lowest BCUT2D eigenvalue weighted by Gasteiger charge is -2.01. The molecule has 0 amide bonds. The third kappa shape index (κ3) is 1.27. The monoisotopic (exact) mass is 169 g/mol. The fraction of sp³-hybridized carbons (Fsp3) is 0.714. The van der Waals surface area contributed by atoms with E-state index in [-0.39, 0.29) is 0 Å². The normalized spacial score (nSPS) is 17.5. The van der Waals surface area contributed by atoms with E-state index in [1.807, 2.05) is 18.7 Å². The lowest BCUT2D eigenvalue weighted by atomic mass is 10.3. The van der Waals surface area contributed by atoms with Crippen molar-refractivity contribution >= 4 is 11.8 Å². The van der Waals surface area contributed by atoms with Crippen molar-refractivity contribution in [1.29, 1.82) is 0 Å². The number of nitrogens with zero attached hydrogens (tertiary/aromatic N) is 3. The largest absolute Gasteiger partial charge is 0.305 e. The lowest BCUT2D eigenvalue weighted by molar-refractivity contribution is 0.756. The Kier molecular flexibility index (Phi) is 1.85. The zero-order chi connectivity index (χ0) is 7.68. The highest BCUT2D eigenvalue weighted by Crippen LogP contribution is 2.16. The number of aryl methyl sites for hydroxylation is 2. The predicted octanol–water partition coefficient (Wildman–Crippen LogP) is 1.22. The van der Waals surface area contributed by atoms with Crippen LogP contribution in [0.1, 0.15) is 18.1 Å². The maximum absolute atomic E-state index is 4.12. The molecule has 1 aromatic heterocycles. The zero-order valence-corrected chi connectivity index (χ0v) is 7.39. The lowest BCUT2D eigenvalue weighted by Crippen LogP contribution is -2.00. The van der Waals surface area contributed by atoms with Gasteiger partial charge in [-0.25, -0.2) is 0 Å². The van der Waals surface area contributed by atoms with E-state index in [1.165, 1.54) is 12.2 Å². The summed E-state index contributed by atoms with van der Waals surface area (Å²) in [6.07, 6.45) is 2.33. The molecule has 0 spiro atoms. The highest BCUT2D eigenvalue weighted by Gasteiger charge is 2.10. The quantitative estimate of drug-likeness (QED) is 0.585. The topological polar surface area (TPSA) is 30.7 Å². The number of fused-ring (bicyclic) bond motifs is 1. The van der Waals surface area contributed by atoms with Crippen molar-refractivity contribution in [1.82, 2.24) is 14.8 Å². The molecule has 1 aliphatic heterocycles. The van der Waals surface area contributed by atoms with Crippen LogP contribution in [0.4, 0.5) is 0 Å². The first kappa shape index (κ1) is 7.16. The van der Waals surface area contributed by atoms with Gasteiger partial charge in [0.1, 0.15) is 11.6 Å². The van der Waals surface area contributed by atoms with Crippen LogP contribution in [0, 0.1) is 6.92 Å². The van der Waals surface area contributed by atoms with Gasteiger partial charge in [-0.15, -0.1) is 22.0 Å². The summed E-state index contributed by atoms with van der Waals surface area (Å²) in [6.45, 7) is 2.02. The molecule has 0 saturated heterocycles. The Morgan fingerprint density at radius 1 is 1.45 bits per heavy atom. The second-order valence-electron chi connectivity index (χ2n) is 2.73. The molecule has 0 saturated carbocycles. The molecule has 0 unspecified atom stereocenters. The third-order valence-electron chi connectivity index (χ3n) is 1.92. The molecule has 1 aromatic rings. The summed E-state index contributed by atoms with van der Waals surface area (Å²) in [6, 6.07) is 0. The van der Waals surface area contributed by atoms with Gasteiger partial charge < -0.3 is 4.57 Å². The van der Waals surface area contributed by atoms with E-state index in [0.717, 1.165) is 23.9 Å². The number of aromatic nitrogens is 3. The van der Waals surface area contributed by atoms with Gasteiger partial charge in [-0.2, -0.15) is 0 Å². The molecule has 2 heterocycles. The van der Waals surface area contributed by atoms with Crippen molar-refractivity contribution in [2.24, 2.45) is 0 Å². The van der Waals surface area contributed by atoms with Crippen LogP contribution in [-0.2, 0) is 12.3 Å². The Bertz CT molecular complexity index is 256. The van der Waals surface area contributed by atoms with Gasteiger partial charge in [0.15, 0.2) is 0 Å². The van der Waals surface area contributed by atoms with Crippen LogP contribution in [-0.4, -0.2) is 20.5 Å². The van der Waals surface area contributed by atoms with Gasteiger partial charge in [-0.3, -0.25) is 0 Å². The van der Waals surface area contributed by atoms with Crippen LogP contribution < -0.4 is 0 Å². The molecule has 1 aliphatic rings. The third-order valence-corrected chi connectivity index (χ3v) is 2.94. The van der Waals surface area contributed by atoms with Gasteiger partial charge in [0.25, 0.3) is 0 Å². The minimum atomic E-state index is 1.04. The first-order valence-electron chi connectivity index (χ1n) is 3.84. The summed E-state index contributed by atoms with van der Waals surface area (Å²) in [5, 5.41) is 8.16. The Hall–Kier alpha value is -0.510. The summed E-state index contributed by atoms with van der Waals surface area (Å²) in [7, 11) is 0. The fourth-order valence-corrected chi connectivity index (χ4v) is 2.26. The molecular weight excluding hydrogens is 158 g/mol.